The molecule has 0 amide bonds. The lowest BCUT2D eigenvalue weighted by Gasteiger charge is -2.73. The molecule has 0 N–H and O–H groups in total. The second-order valence-electron chi connectivity index (χ2n) is 20.0. The quantitative estimate of drug-likeness (QED) is 0.0754. The van der Waals surface area contributed by atoms with Crippen molar-refractivity contribution in [3.05, 3.63) is 0 Å². The van der Waals surface area contributed by atoms with Crippen LogP contribution in [0.15, 0.2) is 0 Å². The minimum absolute atomic E-state index is 0.0651. The summed E-state index contributed by atoms with van der Waals surface area (Å²) in [5, 5.41) is 0. The van der Waals surface area contributed by atoms with Gasteiger partial charge in [0.2, 0.25) is 0 Å². The molecular weight excluding hydrogens is 680 g/mol. The number of fused-ring (bicyclic) bond motifs is 12. The second kappa shape index (κ2) is 16.7. The number of hydrogen-bond acceptors (Lipinski definition) is 8. The Hall–Kier alpha value is -0.320. The lowest BCUT2D eigenvalue weighted by atomic mass is 9.32. The van der Waals surface area contributed by atoms with E-state index in [1.807, 2.05) is 13.8 Å². The van der Waals surface area contributed by atoms with Gasteiger partial charge in [-0.15, -0.1) is 0 Å². The summed E-state index contributed by atoms with van der Waals surface area (Å²) in [6, 6.07) is 0. The first-order valence-corrected chi connectivity index (χ1v) is 23.1. The van der Waals surface area contributed by atoms with Crippen LogP contribution >= 0.6 is 0 Å². The van der Waals surface area contributed by atoms with E-state index in [1.54, 1.807) is 0 Å². The fourth-order valence-corrected chi connectivity index (χ4v) is 15.3. The van der Waals surface area contributed by atoms with Gasteiger partial charge in [-0.25, -0.2) is 0 Å². The summed E-state index contributed by atoms with van der Waals surface area (Å²) in [4.78, 5) is 0. The van der Waals surface area contributed by atoms with Crippen LogP contribution in [0.5, 0.6) is 0 Å². The Morgan fingerprint density at radius 1 is 0.259 bits per heavy atom. The minimum Gasteiger partial charge on any atom is -0.379 e. The Balaban J connectivity index is 0.773. The van der Waals surface area contributed by atoms with Crippen LogP contribution in [-0.4, -0.2) is 90.9 Å². The Labute approximate surface area is 328 Å². The molecule has 310 valence electrons. The van der Waals surface area contributed by atoms with Gasteiger partial charge in [-0.05, 0) is 200 Å². The van der Waals surface area contributed by atoms with E-state index in [2.05, 4.69) is 0 Å². The highest BCUT2D eigenvalue weighted by Crippen LogP contribution is 2.79. The average molecular weight is 759 g/mol. The van der Waals surface area contributed by atoms with Crippen LogP contribution in [0.1, 0.15) is 168 Å². The molecule has 0 aromatic rings. The lowest BCUT2D eigenvalue weighted by molar-refractivity contribution is -0.253. The largest absolute Gasteiger partial charge is 0.379 e. The summed E-state index contributed by atoms with van der Waals surface area (Å²) >= 11 is 0. The van der Waals surface area contributed by atoms with Crippen LogP contribution in [0, 0.1) is 32.5 Å². The van der Waals surface area contributed by atoms with Gasteiger partial charge in [-0.2, -0.15) is 0 Å². The standard InChI is InChI=1S/C46H78O8/c1-3-47-29-31-49-33-35-51-37-53-45-23-17-43(18-24-45,19-25-45)41-11-5-39(6-12-41,7-13-41)40-8-14-42(15-9-40,16-10-40)44-20-26-46(27-21-44,28-22-44)54-38-52-36-34-50-32-30-48-4-2/h3-38H2,1-2H3. The van der Waals surface area contributed by atoms with Crippen LogP contribution in [0.4, 0.5) is 0 Å². The molecule has 12 rings (SSSR count). The molecule has 0 radical (unpaired) electrons. The van der Waals surface area contributed by atoms with Crippen molar-refractivity contribution < 1.29 is 37.9 Å². The molecule has 12 fully saturated rings. The molecule has 0 aromatic carbocycles. The highest BCUT2D eigenvalue weighted by molar-refractivity contribution is 5.20. The summed E-state index contributed by atoms with van der Waals surface area (Å²) in [6.45, 7) is 11.4. The van der Waals surface area contributed by atoms with Gasteiger partial charge < -0.3 is 37.9 Å². The number of hydrogen-bond donors (Lipinski definition) is 0. The highest BCUT2D eigenvalue weighted by Gasteiger charge is 2.69. The van der Waals surface area contributed by atoms with E-state index in [9.17, 15) is 0 Å². The summed E-state index contributed by atoms with van der Waals surface area (Å²) in [5.74, 6) is 0. The van der Waals surface area contributed by atoms with Crippen LogP contribution in [0.25, 0.3) is 0 Å². The fraction of sp³-hybridized carbons (Fsp3) is 1.00. The van der Waals surface area contributed by atoms with Gasteiger partial charge in [0.25, 0.3) is 0 Å². The maximum absolute atomic E-state index is 6.53. The Morgan fingerprint density at radius 2 is 0.463 bits per heavy atom. The van der Waals surface area contributed by atoms with Gasteiger partial charge in [0, 0.05) is 13.2 Å². The Kier molecular flexibility index (Phi) is 12.5. The molecule has 8 bridgehead atoms. The molecule has 0 heterocycles. The molecule has 12 aliphatic rings. The van der Waals surface area contributed by atoms with Crippen molar-refractivity contribution in [2.24, 2.45) is 32.5 Å². The number of ether oxygens (including phenoxy) is 8. The smallest absolute Gasteiger partial charge is 0.147 e. The van der Waals surface area contributed by atoms with Crippen molar-refractivity contribution in [3.8, 4) is 0 Å². The highest BCUT2D eigenvalue weighted by atomic mass is 16.7. The van der Waals surface area contributed by atoms with Crippen LogP contribution in [0.2, 0.25) is 0 Å². The van der Waals surface area contributed by atoms with E-state index in [0.717, 1.165) is 13.2 Å². The molecule has 12 saturated carbocycles. The topological polar surface area (TPSA) is 73.8 Å². The van der Waals surface area contributed by atoms with Crippen molar-refractivity contribution in [3.63, 3.8) is 0 Å². The van der Waals surface area contributed by atoms with E-state index >= 15 is 0 Å². The molecular formula is C46H78O8. The Bertz CT molecular complexity index is 1030. The van der Waals surface area contributed by atoms with E-state index in [1.165, 1.54) is 154 Å². The molecule has 12 aliphatic carbocycles. The molecule has 54 heavy (non-hydrogen) atoms. The summed E-state index contributed by atoms with van der Waals surface area (Å²) < 4.78 is 46.7. The zero-order chi connectivity index (χ0) is 37.1. The van der Waals surface area contributed by atoms with E-state index in [4.69, 9.17) is 37.9 Å². The van der Waals surface area contributed by atoms with E-state index in [0.29, 0.717) is 98.9 Å². The number of rotatable bonds is 23. The first-order valence-electron chi connectivity index (χ1n) is 23.1. The first-order chi connectivity index (χ1) is 26.4. The minimum atomic E-state index is 0.0651. The van der Waals surface area contributed by atoms with Gasteiger partial charge in [-0.1, -0.05) is 0 Å². The third-order valence-electron chi connectivity index (χ3n) is 19.0. The summed E-state index contributed by atoms with van der Waals surface area (Å²) in [7, 11) is 0. The van der Waals surface area contributed by atoms with Gasteiger partial charge >= 0.3 is 0 Å². The van der Waals surface area contributed by atoms with Gasteiger partial charge in [0.1, 0.15) is 13.6 Å². The molecule has 0 atom stereocenters. The lowest BCUT2D eigenvalue weighted by Crippen LogP contribution is -2.63. The first kappa shape index (κ1) is 40.5. The predicted octanol–water partition coefficient (Wildman–Crippen LogP) is 9.94. The normalized spacial score (nSPS) is 43.7. The van der Waals surface area contributed by atoms with E-state index in [-0.39, 0.29) is 11.2 Å². The fourth-order valence-electron chi connectivity index (χ4n) is 15.3. The third kappa shape index (κ3) is 7.32. The van der Waals surface area contributed by atoms with Crippen LogP contribution in [-0.2, 0) is 37.9 Å². The van der Waals surface area contributed by atoms with Crippen molar-refractivity contribution >= 4 is 0 Å². The van der Waals surface area contributed by atoms with Gasteiger partial charge in [-0.3, -0.25) is 0 Å². The molecule has 8 nitrogen and oxygen atoms in total. The van der Waals surface area contributed by atoms with Crippen LogP contribution < -0.4 is 0 Å². The van der Waals surface area contributed by atoms with Crippen molar-refractivity contribution in [2.75, 3.05) is 79.7 Å². The molecule has 0 saturated heterocycles. The summed E-state index contributed by atoms with van der Waals surface area (Å²) in [6.07, 6.45) is 34.2. The summed E-state index contributed by atoms with van der Waals surface area (Å²) in [5.41, 5.74) is 3.80. The monoisotopic (exact) mass is 759 g/mol. The SMILES string of the molecule is CCOCCOCCOCOC12CCC(C34CCC(C56CCC(C78CCC(OCOCCOCCOCC)(CC7)CC8)(CC5)CC6)(CC3)CC4)(CC1)CC2. The third-order valence-corrected chi connectivity index (χ3v) is 19.0. The van der Waals surface area contributed by atoms with Gasteiger partial charge in [0.15, 0.2) is 0 Å². The molecule has 0 spiro atoms. The average Bonchev–Trinajstić information content (AvgIpc) is 3.25. The maximum Gasteiger partial charge on any atom is 0.147 e. The molecule has 0 aliphatic heterocycles. The molecule has 0 unspecified atom stereocenters. The molecule has 8 heteroatoms. The molecule has 0 aromatic heterocycles. The van der Waals surface area contributed by atoms with Gasteiger partial charge in [0.05, 0.1) is 64.1 Å². The van der Waals surface area contributed by atoms with Crippen molar-refractivity contribution in [1.29, 1.82) is 0 Å². The maximum atomic E-state index is 6.53. The van der Waals surface area contributed by atoms with Crippen molar-refractivity contribution in [1.82, 2.24) is 0 Å². The second-order valence-corrected chi connectivity index (χ2v) is 20.0. The Morgan fingerprint density at radius 3 is 0.704 bits per heavy atom. The zero-order valence-corrected chi connectivity index (χ0v) is 34.7. The zero-order valence-electron chi connectivity index (χ0n) is 34.7. The van der Waals surface area contributed by atoms with Crippen LogP contribution in [0.3, 0.4) is 0 Å². The van der Waals surface area contributed by atoms with E-state index < -0.39 is 0 Å². The predicted molar refractivity (Wildman–Crippen MR) is 209 cm³/mol. The van der Waals surface area contributed by atoms with Crippen molar-refractivity contribution in [2.45, 2.75) is 179 Å².